The fraction of sp³-hybridized carbons (Fsp3) is 0.929. The molecule has 0 spiro atoms. The Kier molecular flexibility index (Phi) is 8.22. The summed E-state index contributed by atoms with van der Waals surface area (Å²) in [6.07, 6.45) is 5.60. The SMILES string of the molecule is COCCCN(CCOC)CC(=O)C1CCCC1. The molecule has 1 fully saturated rings. The van der Waals surface area contributed by atoms with Gasteiger partial charge in [0, 0.05) is 39.8 Å². The highest BCUT2D eigenvalue weighted by Crippen LogP contribution is 2.25. The van der Waals surface area contributed by atoms with Gasteiger partial charge in [-0.1, -0.05) is 12.8 Å². The quantitative estimate of drug-likeness (QED) is 0.559. The normalized spacial score (nSPS) is 16.6. The zero-order valence-corrected chi connectivity index (χ0v) is 11.8. The van der Waals surface area contributed by atoms with E-state index >= 15 is 0 Å². The molecule has 0 atom stereocenters. The molecular formula is C14H27NO3. The van der Waals surface area contributed by atoms with Crippen LogP contribution in [0.5, 0.6) is 0 Å². The van der Waals surface area contributed by atoms with Crippen molar-refractivity contribution in [1.29, 1.82) is 0 Å². The molecule has 18 heavy (non-hydrogen) atoms. The van der Waals surface area contributed by atoms with E-state index in [2.05, 4.69) is 4.90 Å². The average molecular weight is 257 g/mol. The smallest absolute Gasteiger partial charge is 0.149 e. The van der Waals surface area contributed by atoms with Crippen molar-refractivity contribution in [2.75, 3.05) is 47.1 Å². The molecule has 0 bridgehead atoms. The number of rotatable bonds is 10. The van der Waals surface area contributed by atoms with Gasteiger partial charge < -0.3 is 9.47 Å². The predicted molar refractivity (Wildman–Crippen MR) is 71.8 cm³/mol. The zero-order chi connectivity index (χ0) is 13.2. The van der Waals surface area contributed by atoms with E-state index in [0.29, 0.717) is 24.9 Å². The summed E-state index contributed by atoms with van der Waals surface area (Å²) in [5.74, 6) is 0.735. The molecule has 0 heterocycles. The summed E-state index contributed by atoms with van der Waals surface area (Å²) in [5.41, 5.74) is 0. The number of ether oxygens (including phenoxy) is 2. The number of carbonyl (C=O) groups excluding carboxylic acids is 1. The Bertz CT molecular complexity index is 227. The summed E-state index contributed by atoms with van der Waals surface area (Å²) in [6, 6.07) is 0. The largest absolute Gasteiger partial charge is 0.385 e. The molecule has 4 heteroatoms. The van der Waals surface area contributed by atoms with Crippen LogP contribution in [0, 0.1) is 5.92 Å². The predicted octanol–water partition coefficient (Wildman–Crippen LogP) is 1.73. The number of hydrogen-bond acceptors (Lipinski definition) is 4. The summed E-state index contributed by atoms with van der Waals surface area (Å²) < 4.78 is 10.2. The molecule has 1 rings (SSSR count). The molecule has 0 radical (unpaired) electrons. The van der Waals surface area contributed by atoms with Crippen LogP contribution in [0.3, 0.4) is 0 Å². The van der Waals surface area contributed by atoms with Crippen LogP contribution in [-0.4, -0.2) is 57.8 Å². The number of nitrogens with zero attached hydrogens (tertiary/aromatic N) is 1. The molecule has 4 nitrogen and oxygen atoms in total. The molecular weight excluding hydrogens is 230 g/mol. The lowest BCUT2D eigenvalue weighted by Crippen LogP contribution is -2.36. The van der Waals surface area contributed by atoms with E-state index < -0.39 is 0 Å². The lowest BCUT2D eigenvalue weighted by atomic mass is 10.0. The van der Waals surface area contributed by atoms with E-state index in [-0.39, 0.29) is 0 Å². The van der Waals surface area contributed by atoms with Gasteiger partial charge >= 0.3 is 0 Å². The van der Waals surface area contributed by atoms with Gasteiger partial charge in [-0.15, -0.1) is 0 Å². The first-order chi connectivity index (χ1) is 8.77. The molecule has 0 unspecified atom stereocenters. The van der Waals surface area contributed by atoms with Crippen molar-refractivity contribution in [1.82, 2.24) is 4.90 Å². The number of methoxy groups -OCH3 is 2. The molecule has 0 saturated heterocycles. The highest BCUT2D eigenvalue weighted by molar-refractivity contribution is 5.83. The van der Waals surface area contributed by atoms with Crippen molar-refractivity contribution in [2.24, 2.45) is 5.92 Å². The standard InChI is InChI=1S/C14H27NO3/c1-17-10-5-8-15(9-11-18-2)12-14(16)13-6-3-4-7-13/h13H,3-12H2,1-2H3. The van der Waals surface area contributed by atoms with Crippen molar-refractivity contribution < 1.29 is 14.3 Å². The lowest BCUT2D eigenvalue weighted by molar-refractivity contribution is -0.124. The van der Waals surface area contributed by atoms with Crippen molar-refractivity contribution in [3.8, 4) is 0 Å². The first-order valence-electron chi connectivity index (χ1n) is 7.01. The fourth-order valence-corrected chi connectivity index (χ4v) is 2.52. The van der Waals surface area contributed by atoms with Gasteiger partial charge in [0.1, 0.15) is 5.78 Å². The Hall–Kier alpha value is -0.450. The summed E-state index contributed by atoms with van der Waals surface area (Å²) in [7, 11) is 3.41. The highest BCUT2D eigenvalue weighted by atomic mass is 16.5. The van der Waals surface area contributed by atoms with Gasteiger partial charge in [-0.3, -0.25) is 9.69 Å². The van der Waals surface area contributed by atoms with Crippen molar-refractivity contribution in [3.05, 3.63) is 0 Å². The first kappa shape index (κ1) is 15.6. The minimum Gasteiger partial charge on any atom is -0.385 e. The summed E-state index contributed by atoms with van der Waals surface area (Å²) in [4.78, 5) is 14.3. The molecule has 1 aliphatic carbocycles. The highest BCUT2D eigenvalue weighted by Gasteiger charge is 2.23. The third-order valence-electron chi connectivity index (χ3n) is 3.62. The van der Waals surface area contributed by atoms with Gasteiger partial charge in [0.25, 0.3) is 0 Å². The molecule has 0 aromatic rings. The van der Waals surface area contributed by atoms with E-state index in [1.54, 1.807) is 14.2 Å². The van der Waals surface area contributed by atoms with Crippen molar-refractivity contribution >= 4 is 5.78 Å². The van der Waals surface area contributed by atoms with Crippen molar-refractivity contribution in [2.45, 2.75) is 32.1 Å². The third-order valence-corrected chi connectivity index (χ3v) is 3.62. The van der Waals surface area contributed by atoms with Gasteiger partial charge in [0.15, 0.2) is 0 Å². The molecule has 0 amide bonds. The molecule has 0 aliphatic heterocycles. The van der Waals surface area contributed by atoms with Crippen LogP contribution in [0.4, 0.5) is 0 Å². The Morgan fingerprint density at radius 3 is 2.39 bits per heavy atom. The van der Waals surface area contributed by atoms with Crippen LogP contribution >= 0.6 is 0 Å². The van der Waals surface area contributed by atoms with Crippen LogP contribution in [-0.2, 0) is 14.3 Å². The second-order valence-electron chi connectivity index (χ2n) is 5.06. The minimum absolute atomic E-state index is 0.317. The maximum atomic E-state index is 12.1. The summed E-state index contributed by atoms with van der Waals surface area (Å²) >= 11 is 0. The number of Topliss-reactive ketones (excluding diaryl/α,β-unsaturated/α-hetero) is 1. The summed E-state index contributed by atoms with van der Waals surface area (Å²) in [5, 5.41) is 0. The number of ketones is 1. The van der Waals surface area contributed by atoms with Crippen LogP contribution in [0.1, 0.15) is 32.1 Å². The van der Waals surface area contributed by atoms with Crippen LogP contribution in [0.25, 0.3) is 0 Å². The maximum Gasteiger partial charge on any atom is 0.149 e. The van der Waals surface area contributed by atoms with Gasteiger partial charge in [0.2, 0.25) is 0 Å². The Morgan fingerprint density at radius 1 is 1.11 bits per heavy atom. The van der Waals surface area contributed by atoms with Crippen LogP contribution < -0.4 is 0 Å². The topological polar surface area (TPSA) is 38.8 Å². The third kappa shape index (κ3) is 5.94. The Balaban J connectivity index is 2.30. The Labute approximate surface area is 111 Å². The lowest BCUT2D eigenvalue weighted by Gasteiger charge is -2.22. The second-order valence-corrected chi connectivity index (χ2v) is 5.06. The average Bonchev–Trinajstić information content (AvgIpc) is 2.89. The van der Waals surface area contributed by atoms with Gasteiger partial charge in [-0.2, -0.15) is 0 Å². The first-order valence-corrected chi connectivity index (χ1v) is 7.01. The van der Waals surface area contributed by atoms with E-state index in [0.717, 1.165) is 39.0 Å². The molecule has 1 aliphatic rings. The van der Waals surface area contributed by atoms with Gasteiger partial charge in [-0.05, 0) is 19.3 Å². The molecule has 0 aromatic carbocycles. The molecule has 0 N–H and O–H groups in total. The molecule has 106 valence electrons. The van der Waals surface area contributed by atoms with E-state index in [1.807, 2.05) is 0 Å². The summed E-state index contributed by atoms with van der Waals surface area (Å²) in [6.45, 7) is 3.76. The number of carbonyl (C=O) groups is 1. The van der Waals surface area contributed by atoms with Gasteiger partial charge in [0.05, 0.1) is 13.2 Å². The monoisotopic (exact) mass is 257 g/mol. The number of hydrogen-bond donors (Lipinski definition) is 0. The van der Waals surface area contributed by atoms with Crippen LogP contribution in [0.15, 0.2) is 0 Å². The van der Waals surface area contributed by atoms with E-state index in [1.165, 1.54) is 12.8 Å². The Morgan fingerprint density at radius 2 is 1.78 bits per heavy atom. The van der Waals surface area contributed by atoms with Crippen molar-refractivity contribution in [3.63, 3.8) is 0 Å². The minimum atomic E-state index is 0.317. The van der Waals surface area contributed by atoms with E-state index in [9.17, 15) is 4.79 Å². The molecule has 0 aromatic heterocycles. The maximum absolute atomic E-state index is 12.1. The van der Waals surface area contributed by atoms with Crippen LogP contribution in [0.2, 0.25) is 0 Å². The van der Waals surface area contributed by atoms with E-state index in [4.69, 9.17) is 9.47 Å². The second kappa shape index (κ2) is 9.48. The molecule has 1 saturated carbocycles. The van der Waals surface area contributed by atoms with Gasteiger partial charge in [-0.25, -0.2) is 0 Å². The fourth-order valence-electron chi connectivity index (χ4n) is 2.52. The zero-order valence-electron chi connectivity index (χ0n) is 11.8.